The van der Waals surface area contributed by atoms with Crippen LogP contribution in [-0.4, -0.2) is 5.71 Å². The molecule has 0 saturated heterocycles. The van der Waals surface area contributed by atoms with E-state index >= 15 is 0 Å². The quantitative estimate of drug-likeness (QED) is 0.580. The van der Waals surface area contributed by atoms with Crippen LogP contribution in [0.4, 0.5) is 0 Å². The average Bonchev–Trinajstić information content (AvgIpc) is 2.36. The number of fused-ring (bicyclic) bond motifs is 1. The predicted octanol–water partition coefficient (Wildman–Crippen LogP) is 1.98. The first-order chi connectivity index (χ1) is 4.88. The molecule has 0 bridgehead atoms. The maximum Gasteiger partial charge on any atom is 0.112 e. The van der Waals surface area contributed by atoms with Crippen molar-refractivity contribution < 1.29 is 4.42 Å². The lowest BCUT2D eigenvalue weighted by atomic mass is 9.97. The van der Waals surface area contributed by atoms with Crippen molar-refractivity contribution in [1.29, 1.82) is 5.41 Å². The van der Waals surface area contributed by atoms with Crippen LogP contribution in [0.3, 0.4) is 0 Å². The Bertz CT molecular complexity index is 262. The van der Waals surface area contributed by atoms with Crippen LogP contribution in [0.1, 0.15) is 24.2 Å². The number of nitrogens with one attached hydrogen (secondary N) is 1. The number of furan rings is 1. The van der Waals surface area contributed by atoms with Crippen LogP contribution in [0.15, 0.2) is 16.7 Å². The molecule has 52 valence electrons. The molecule has 1 aromatic rings. The highest BCUT2D eigenvalue weighted by atomic mass is 16.3. The van der Waals surface area contributed by atoms with Crippen LogP contribution < -0.4 is 0 Å². The summed E-state index contributed by atoms with van der Waals surface area (Å²) in [7, 11) is 0. The van der Waals surface area contributed by atoms with Gasteiger partial charge in [-0.15, -0.1) is 0 Å². The second-order valence-corrected chi connectivity index (χ2v) is 2.59. The third-order valence-electron chi connectivity index (χ3n) is 1.90. The molecule has 0 fully saturated rings. The first kappa shape index (κ1) is 5.71. The van der Waals surface area contributed by atoms with E-state index in [1.807, 2.05) is 6.07 Å². The molecule has 1 heterocycles. The smallest absolute Gasteiger partial charge is 0.112 e. The van der Waals surface area contributed by atoms with Gasteiger partial charge in [0.15, 0.2) is 0 Å². The molecule has 1 aliphatic carbocycles. The van der Waals surface area contributed by atoms with Crippen molar-refractivity contribution in [2.45, 2.75) is 19.3 Å². The minimum Gasteiger partial charge on any atom is -0.469 e. The van der Waals surface area contributed by atoms with Gasteiger partial charge in [-0.2, -0.15) is 0 Å². The van der Waals surface area contributed by atoms with E-state index in [2.05, 4.69) is 0 Å². The summed E-state index contributed by atoms with van der Waals surface area (Å²) in [4.78, 5) is 0. The third kappa shape index (κ3) is 0.685. The monoisotopic (exact) mass is 135 g/mol. The lowest BCUT2D eigenvalue weighted by molar-refractivity contribution is 0.498. The van der Waals surface area contributed by atoms with Crippen molar-refractivity contribution in [1.82, 2.24) is 0 Å². The SMILES string of the molecule is N=C1CCCc2occc21. The lowest BCUT2D eigenvalue weighted by Gasteiger charge is -2.09. The highest BCUT2D eigenvalue weighted by molar-refractivity contribution is 5.99. The molecule has 2 nitrogen and oxygen atoms in total. The van der Waals surface area contributed by atoms with Crippen LogP contribution in [0, 0.1) is 5.41 Å². The number of hydrogen-bond acceptors (Lipinski definition) is 2. The summed E-state index contributed by atoms with van der Waals surface area (Å²) >= 11 is 0. The Morgan fingerprint density at radius 2 is 2.30 bits per heavy atom. The zero-order chi connectivity index (χ0) is 6.97. The van der Waals surface area contributed by atoms with Gasteiger partial charge in [0.05, 0.1) is 6.26 Å². The van der Waals surface area contributed by atoms with E-state index in [-0.39, 0.29) is 0 Å². The molecule has 0 saturated carbocycles. The molecule has 0 amide bonds. The summed E-state index contributed by atoms with van der Waals surface area (Å²) in [6, 6.07) is 1.89. The minimum atomic E-state index is 0.731. The minimum absolute atomic E-state index is 0.731. The van der Waals surface area contributed by atoms with Crippen LogP contribution in [0.5, 0.6) is 0 Å². The molecule has 1 aliphatic rings. The second kappa shape index (κ2) is 1.97. The predicted molar refractivity (Wildman–Crippen MR) is 38.5 cm³/mol. The Labute approximate surface area is 59.4 Å². The Hall–Kier alpha value is -1.05. The first-order valence-electron chi connectivity index (χ1n) is 3.52. The van der Waals surface area contributed by atoms with Crippen molar-refractivity contribution in [2.24, 2.45) is 0 Å². The fourth-order valence-electron chi connectivity index (χ4n) is 1.36. The van der Waals surface area contributed by atoms with E-state index in [0.29, 0.717) is 0 Å². The molecule has 0 radical (unpaired) electrons. The van der Waals surface area contributed by atoms with Crippen molar-refractivity contribution in [3.05, 3.63) is 23.7 Å². The summed E-state index contributed by atoms with van der Waals surface area (Å²) in [5.74, 6) is 0.997. The van der Waals surface area contributed by atoms with Crippen LogP contribution in [0.2, 0.25) is 0 Å². The summed E-state index contributed by atoms with van der Waals surface area (Å²) < 4.78 is 5.19. The molecular weight excluding hydrogens is 126 g/mol. The average molecular weight is 135 g/mol. The van der Waals surface area contributed by atoms with Gasteiger partial charge in [-0.3, -0.25) is 0 Å². The number of hydrogen-bond donors (Lipinski definition) is 1. The van der Waals surface area contributed by atoms with Gasteiger partial charge in [-0.1, -0.05) is 0 Å². The Kier molecular flexibility index (Phi) is 1.13. The fourth-order valence-corrected chi connectivity index (χ4v) is 1.36. The van der Waals surface area contributed by atoms with Gasteiger partial charge in [0, 0.05) is 17.7 Å². The van der Waals surface area contributed by atoms with Crippen LogP contribution >= 0.6 is 0 Å². The van der Waals surface area contributed by atoms with Gasteiger partial charge in [-0.05, 0) is 18.9 Å². The molecule has 2 rings (SSSR count). The highest BCUT2D eigenvalue weighted by Gasteiger charge is 2.15. The molecule has 1 N–H and O–H groups in total. The van der Waals surface area contributed by atoms with E-state index in [1.165, 1.54) is 0 Å². The Morgan fingerprint density at radius 3 is 3.10 bits per heavy atom. The lowest BCUT2D eigenvalue weighted by Crippen LogP contribution is -2.07. The van der Waals surface area contributed by atoms with Gasteiger partial charge in [0.1, 0.15) is 5.76 Å². The molecule has 2 heteroatoms. The van der Waals surface area contributed by atoms with E-state index in [1.54, 1.807) is 6.26 Å². The summed E-state index contributed by atoms with van der Waals surface area (Å²) in [5.41, 5.74) is 1.75. The van der Waals surface area contributed by atoms with E-state index < -0.39 is 0 Å². The van der Waals surface area contributed by atoms with Gasteiger partial charge in [0.2, 0.25) is 0 Å². The van der Waals surface area contributed by atoms with Gasteiger partial charge in [-0.25, -0.2) is 0 Å². The van der Waals surface area contributed by atoms with Crippen LogP contribution in [0.25, 0.3) is 0 Å². The summed E-state index contributed by atoms with van der Waals surface area (Å²) in [6.45, 7) is 0. The number of aryl methyl sites for hydroxylation is 1. The molecule has 0 unspecified atom stereocenters. The molecule has 0 aliphatic heterocycles. The van der Waals surface area contributed by atoms with Gasteiger partial charge < -0.3 is 9.83 Å². The largest absolute Gasteiger partial charge is 0.469 e. The van der Waals surface area contributed by atoms with Gasteiger partial charge in [0.25, 0.3) is 0 Å². The highest BCUT2D eigenvalue weighted by Crippen LogP contribution is 2.21. The van der Waals surface area contributed by atoms with Crippen molar-refractivity contribution in [3.63, 3.8) is 0 Å². The second-order valence-electron chi connectivity index (χ2n) is 2.59. The molecule has 0 aromatic carbocycles. The third-order valence-corrected chi connectivity index (χ3v) is 1.90. The molecule has 10 heavy (non-hydrogen) atoms. The normalized spacial score (nSPS) is 17.0. The summed E-state index contributed by atoms with van der Waals surface area (Å²) in [6.07, 6.45) is 4.65. The van der Waals surface area contributed by atoms with E-state index in [4.69, 9.17) is 9.83 Å². The van der Waals surface area contributed by atoms with E-state index in [9.17, 15) is 0 Å². The zero-order valence-corrected chi connectivity index (χ0v) is 5.68. The topological polar surface area (TPSA) is 37.0 Å². The standard InChI is InChI=1S/C8H9NO/c9-7-2-1-3-8-6(7)4-5-10-8/h4-5,9H,1-3H2. The Balaban J connectivity index is 2.50. The Morgan fingerprint density at radius 1 is 1.40 bits per heavy atom. The first-order valence-corrected chi connectivity index (χ1v) is 3.52. The number of rotatable bonds is 0. The maximum absolute atomic E-state index is 7.53. The molecule has 1 aromatic heterocycles. The van der Waals surface area contributed by atoms with Crippen molar-refractivity contribution in [2.75, 3.05) is 0 Å². The summed E-state index contributed by atoms with van der Waals surface area (Å²) in [5, 5.41) is 7.53. The van der Waals surface area contributed by atoms with Crippen molar-refractivity contribution in [3.8, 4) is 0 Å². The van der Waals surface area contributed by atoms with Gasteiger partial charge >= 0.3 is 0 Å². The molecule has 0 atom stereocenters. The van der Waals surface area contributed by atoms with Crippen LogP contribution in [-0.2, 0) is 6.42 Å². The molecule has 0 spiro atoms. The fraction of sp³-hybridized carbons (Fsp3) is 0.375. The van der Waals surface area contributed by atoms with E-state index in [0.717, 1.165) is 36.3 Å². The molecular formula is C8H9NO. The maximum atomic E-state index is 7.53. The van der Waals surface area contributed by atoms with Crippen molar-refractivity contribution >= 4 is 5.71 Å². The zero-order valence-electron chi connectivity index (χ0n) is 5.68.